The molecule has 0 radical (unpaired) electrons. The van der Waals surface area contributed by atoms with Crippen molar-refractivity contribution < 1.29 is 9.47 Å². The molecule has 1 aliphatic heterocycles. The highest BCUT2D eigenvalue weighted by Gasteiger charge is 2.28. The smallest absolute Gasteiger partial charge is 0.224 e. The van der Waals surface area contributed by atoms with Crippen LogP contribution >= 0.6 is 11.6 Å². The zero-order valence-electron chi connectivity index (χ0n) is 14.8. The number of anilines is 2. The van der Waals surface area contributed by atoms with Crippen molar-refractivity contribution in [1.82, 2.24) is 9.97 Å². The largest absolute Gasteiger partial charge is 0.497 e. The Morgan fingerprint density at radius 3 is 2.85 bits per heavy atom. The number of benzene rings is 2. The van der Waals surface area contributed by atoms with Crippen LogP contribution in [0.2, 0.25) is 5.28 Å². The van der Waals surface area contributed by atoms with Gasteiger partial charge < -0.3 is 14.4 Å². The SMILES string of the molecule is CCOC1CCN(c2nc(Cl)nc3ccccc23)c2ccc(OC)cc21. The van der Waals surface area contributed by atoms with Crippen molar-refractivity contribution in [2.24, 2.45) is 0 Å². The molecule has 0 saturated carbocycles. The fraction of sp³-hybridized carbons (Fsp3) is 0.300. The Kier molecular flexibility index (Phi) is 4.66. The van der Waals surface area contributed by atoms with E-state index < -0.39 is 0 Å². The molecule has 0 bridgehead atoms. The van der Waals surface area contributed by atoms with Crippen molar-refractivity contribution in [3.05, 3.63) is 53.3 Å². The summed E-state index contributed by atoms with van der Waals surface area (Å²) in [5, 5.41) is 1.23. The first kappa shape index (κ1) is 17.1. The van der Waals surface area contributed by atoms with E-state index in [1.165, 1.54) is 0 Å². The fourth-order valence-corrected chi connectivity index (χ4v) is 3.69. The minimum absolute atomic E-state index is 0.0462. The van der Waals surface area contributed by atoms with E-state index in [1.807, 2.05) is 43.3 Å². The molecule has 4 rings (SSSR count). The van der Waals surface area contributed by atoms with Crippen molar-refractivity contribution in [2.75, 3.05) is 25.2 Å². The lowest BCUT2D eigenvalue weighted by atomic mass is 9.97. The van der Waals surface area contributed by atoms with E-state index in [4.69, 9.17) is 21.1 Å². The summed E-state index contributed by atoms with van der Waals surface area (Å²) in [6, 6.07) is 14.0. The molecule has 1 aromatic heterocycles. The fourth-order valence-electron chi connectivity index (χ4n) is 3.52. The molecule has 0 spiro atoms. The summed E-state index contributed by atoms with van der Waals surface area (Å²) in [4.78, 5) is 11.1. The van der Waals surface area contributed by atoms with Crippen LogP contribution in [0.25, 0.3) is 10.9 Å². The molecule has 3 aromatic rings. The summed E-state index contributed by atoms with van der Waals surface area (Å²) in [5.41, 5.74) is 3.01. The van der Waals surface area contributed by atoms with Gasteiger partial charge in [0.2, 0.25) is 5.28 Å². The predicted molar refractivity (Wildman–Crippen MR) is 104 cm³/mol. The average Bonchev–Trinajstić information content (AvgIpc) is 2.67. The third kappa shape index (κ3) is 2.97. The van der Waals surface area contributed by atoms with Gasteiger partial charge >= 0.3 is 0 Å². The van der Waals surface area contributed by atoms with Gasteiger partial charge in [-0.05, 0) is 55.3 Å². The molecular weight excluding hydrogens is 350 g/mol. The molecule has 1 aliphatic rings. The highest BCUT2D eigenvalue weighted by Crippen LogP contribution is 2.42. The second-order valence-corrected chi connectivity index (χ2v) is 6.48. The highest BCUT2D eigenvalue weighted by atomic mass is 35.5. The molecule has 134 valence electrons. The molecule has 6 heteroatoms. The summed E-state index contributed by atoms with van der Waals surface area (Å²) in [6.07, 6.45) is 0.911. The second kappa shape index (κ2) is 7.09. The molecule has 1 atom stereocenters. The Hall–Kier alpha value is -2.37. The number of nitrogens with zero attached hydrogens (tertiary/aromatic N) is 3. The molecule has 26 heavy (non-hydrogen) atoms. The topological polar surface area (TPSA) is 47.5 Å². The number of hydrogen-bond donors (Lipinski definition) is 0. The summed E-state index contributed by atoms with van der Waals surface area (Å²) < 4.78 is 11.4. The number of ether oxygens (including phenoxy) is 2. The van der Waals surface area contributed by atoms with Crippen LogP contribution in [0, 0.1) is 0 Å². The van der Waals surface area contributed by atoms with Crippen LogP contribution < -0.4 is 9.64 Å². The van der Waals surface area contributed by atoms with Crippen molar-refractivity contribution in [1.29, 1.82) is 0 Å². The Balaban J connectivity index is 1.88. The lowest BCUT2D eigenvalue weighted by Gasteiger charge is -2.35. The normalized spacial score (nSPS) is 16.6. The Morgan fingerprint density at radius 2 is 2.04 bits per heavy atom. The first-order valence-electron chi connectivity index (χ1n) is 8.70. The summed E-state index contributed by atoms with van der Waals surface area (Å²) in [6.45, 7) is 3.48. The number of aromatic nitrogens is 2. The molecule has 0 N–H and O–H groups in total. The van der Waals surface area contributed by atoms with E-state index >= 15 is 0 Å². The first-order chi connectivity index (χ1) is 12.7. The van der Waals surface area contributed by atoms with Gasteiger partial charge in [-0.3, -0.25) is 0 Å². The van der Waals surface area contributed by atoms with Crippen LogP contribution in [0.1, 0.15) is 25.0 Å². The lowest BCUT2D eigenvalue weighted by Crippen LogP contribution is -2.29. The van der Waals surface area contributed by atoms with Gasteiger partial charge in [-0.2, -0.15) is 4.98 Å². The van der Waals surface area contributed by atoms with Crippen LogP contribution in [-0.4, -0.2) is 30.2 Å². The summed E-state index contributed by atoms with van der Waals surface area (Å²) >= 11 is 6.20. The highest BCUT2D eigenvalue weighted by molar-refractivity contribution is 6.28. The van der Waals surface area contributed by atoms with E-state index in [1.54, 1.807) is 7.11 Å². The van der Waals surface area contributed by atoms with E-state index in [9.17, 15) is 0 Å². The molecule has 2 aromatic carbocycles. The maximum Gasteiger partial charge on any atom is 0.224 e. The van der Waals surface area contributed by atoms with Gasteiger partial charge in [0.15, 0.2) is 0 Å². The molecule has 0 aliphatic carbocycles. The van der Waals surface area contributed by atoms with E-state index in [0.717, 1.165) is 46.7 Å². The average molecular weight is 370 g/mol. The Bertz CT molecular complexity index is 947. The number of para-hydroxylation sites is 1. The van der Waals surface area contributed by atoms with Gasteiger partial charge in [0.1, 0.15) is 11.6 Å². The number of methoxy groups -OCH3 is 1. The van der Waals surface area contributed by atoms with Crippen LogP contribution in [0.5, 0.6) is 5.75 Å². The number of rotatable bonds is 4. The van der Waals surface area contributed by atoms with Gasteiger partial charge in [0.25, 0.3) is 0 Å². The molecular formula is C20H20ClN3O2. The van der Waals surface area contributed by atoms with Crippen molar-refractivity contribution in [2.45, 2.75) is 19.4 Å². The molecule has 0 saturated heterocycles. The number of halogens is 1. The van der Waals surface area contributed by atoms with Crippen LogP contribution in [0.15, 0.2) is 42.5 Å². The minimum Gasteiger partial charge on any atom is -0.497 e. The van der Waals surface area contributed by atoms with Gasteiger partial charge in [0.05, 0.1) is 18.7 Å². The van der Waals surface area contributed by atoms with Gasteiger partial charge in [-0.1, -0.05) is 12.1 Å². The Labute approximate surface area is 157 Å². The zero-order chi connectivity index (χ0) is 18.1. The van der Waals surface area contributed by atoms with Gasteiger partial charge in [0, 0.05) is 29.8 Å². The number of hydrogen-bond acceptors (Lipinski definition) is 5. The van der Waals surface area contributed by atoms with E-state index in [2.05, 4.69) is 20.9 Å². The van der Waals surface area contributed by atoms with Crippen molar-refractivity contribution in [3.8, 4) is 5.75 Å². The Morgan fingerprint density at radius 1 is 1.19 bits per heavy atom. The minimum atomic E-state index is 0.0462. The molecule has 2 heterocycles. The van der Waals surface area contributed by atoms with Crippen LogP contribution in [0.3, 0.4) is 0 Å². The molecule has 1 unspecified atom stereocenters. The zero-order valence-corrected chi connectivity index (χ0v) is 15.5. The number of fused-ring (bicyclic) bond motifs is 2. The summed E-state index contributed by atoms with van der Waals surface area (Å²) in [7, 11) is 1.68. The standard InChI is InChI=1S/C20H20ClN3O2/c1-3-26-18-10-11-24(17-9-8-13(25-2)12-15(17)18)19-14-6-4-5-7-16(14)22-20(21)23-19/h4-9,12,18H,3,10-11H2,1-2H3. The summed E-state index contributed by atoms with van der Waals surface area (Å²) in [5.74, 6) is 1.64. The second-order valence-electron chi connectivity index (χ2n) is 6.14. The van der Waals surface area contributed by atoms with E-state index in [-0.39, 0.29) is 11.4 Å². The van der Waals surface area contributed by atoms with Crippen molar-refractivity contribution >= 4 is 34.0 Å². The third-order valence-corrected chi connectivity index (χ3v) is 4.84. The molecule has 0 amide bonds. The first-order valence-corrected chi connectivity index (χ1v) is 9.08. The monoisotopic (exact) mass is 369 g/mol. The molecule has 0 fully saturated rings. The van der Waals surface area contributed by atoms with Gasteiger partial charge in [-0.25, -0.2) is 4.98 Å². The maximum absolute atomic E-state index is 6.20. The van der Waals surface area contributed by atoms with E-state index in [0.29, 0.717) is 6.61 Å². The van der Waals surface area contributed by atoms with Gasteiger partial charge in [-0.15, -0.1) is 0 Å². The van der Waals surface area contributed by atoms with Crippen LogP contribution in [-0.2, 0) is 4.74 Å². The quantitative estimate of drug-likeness (QED) is 0.611. The van der Waals surface area contributed by atoms with Crippen LogP contribution in [0.4, 0.5) is 11.5 Å². The van der Waals surface area contributed by atoms with Crippen molar-refractivity contribution in [3.63, 3.8) is 0 Å². The molecule has 5 nitrogen and oxygen atoms in total. The third-order valence-electron chi connectivity index (χ3n) is 4.67. The lowest BCUT2D eigenvalue weighted by molar-refractivity contribution is 0.0553. The predicted octanol–water partition coefficient (Wildman–Crippen LogP) is 4.91. The maximum atomic E-state index is 6.20.